The Bertz CT molecular complexity index is 1180. The van der Waals surface area contributed by atoms with Gasteiger partial charge in [0, 0.05) is 23.7 Å². The fourth-order valence-electron chi connectivity index (χ4n) is 6.37. The highest BCUT2D eigenvalue weighted by atomic mass is 16.7. The second-order valence-corrected chi connectivity index (χ2v) is 13.4. The van der Waals surface area contributed by atoms with E-state index in [-0.39, 0.29) is 37.9 Å². The number of amides is 2. The number of esters is 1. The fraction of sp³-hybridized carbons (Fsp3) is 0.650. The smallest absolute Gasteiger partial charge is 0.325 e. The molecule has 0 aliphatic carbocycles. The Hall–Kier alpha value is -2.98. The van der Waals surface area contributed by atoms with Crippen molar-refractivity contribution in [3.05, 3.63) is 65.2 Å². The van der Waals surface area contributed by atoms with E-state index >= 15 is 0 Å². The molecule has 1 aliphatic heterocycles. The highest BCUT2D eigenvalue weighted by Crippen LogP contribution is 2.42. The molecule has 1 aliphatic rings. The van der Waals surface area contributed by atoms with Crippen molar-refractivity contribution >= 4 is 17.7 Å². The van der Waals surface area contributed by atoms with E-state index in [0.29, 0.717) is 5.69 Å². The molecular formula is C40H63N3O6. The topological polar surface area (TPSA) is 109 Å². The van der Waals surface area contributed by atoms with Gasteiger partial charge in [-0.2, -0.15) is 0 Å². The molecule has 1 saturated heterocycles. The minimum absolute atomic E-state index is 0.00278. The van der Waals surface area contributed by atoms with Crippen molar-refractivity contribution in [2.24, 2.45) is 5.92 Å². The van der Waals surface area contributed by atoms with Crippen molar-refractivity contribution in [1.82, 2.24) is 10.2 Å². The molecule has 1 heterocycles. The quantitative estimate of drug-likeness (QED) is 0.0796. The summed E-state index contributed by atoms with van der Waals surface area (Å²) >= 11 is 0. The van der Waals surface area contributed by atoms with Crippen LogP contribution in [0.1, 0.15) is 134 Å². The molecular weight excluding hydrogens is 618 g/mol. The molecule has 3 rings (SSSR count). The third-order valence-corrected chi connectivity index (χ3v) is 9.36. The van der Waals surface area contributed by atoms with Crippen molar-refractivity contribution in [3.63, 3.8) is 0 Å². The summed E-state index contributed by atoms with van der Waals surface area (Å²) < 4.78 is 18.3. The number of rotatable bonds is 23. The van der Waals surface area contributed by atoms with Crippen LogP contribution in [0.5, 0.6) is 0 Å². The number of aliphatic hydroxyl groups is 1. The summed E-state index contributed by atoms with van der Waals surface area (Å²) in [6, 6.07) is 15.0. The van der Waals surface area contributed by atoms with Gasteiger partial charge in [0.15, 0.2) is 6.29 Å². The molecule has 274 valence electrons. The van der Waals surface area contributed by atoms with Gasteiger partial charge in [-0.25, -0.2) is 4.79 Å². The van der Waals surface area contributed by atoms with Gasteiger partial charge in [0.25, 0.3) is 0 Å². The second-order valence-electron chi connectivity index (χ2n) is 13.4. The van der Waals surface area contributed by atoms with Crippen LogP contribution in [0.15, 0.2) is 48.5 Å². The number of unbranched alkanes of at least 4 members (excludes halogenated alkanes) is 10. The minimum atomic E-state index is -0.583. The Morgan fingerprint density at radius 3 is 1.92 bits per heavy atom. The van der Waals surface area contributed by atoms with Crippen LogP contribution in [0.3, 0.4) is 0 Å². The highest BCUT2D eigenvalue weighted by molar-refractivity contribution is 5.91. The maximum Gasteiger partial charge on any atom is 0.325 e. The first-order chi connectivity index (χ1) is 23.9. The lowest BCUT2D eigenvalue weighted by molar-refractivity contribution is -0.276. The molecule has 0 radical (unpaired) electrons. The van der Waals surface area contributed by atoms with E-state index in [2.05, 4.69) is 48.4 Å². The molecule has 0 bridgehead atoms. The van der Waals surface area contributed by atoms with Crippen LogP contribution in [0, 0.1) is 5.92 Å². The van der Waals surface area contributed by atoms with Crippen molar-refractivity contribution < 1.29 is 28.9 Å². The predicted molar refractivity (Wildman–Crippen MR) is 196 cm³/mol. The third kappa shape index (κ3) is 14.8. The lowest BCUT2D eigenvalue weighted by Gasteiger charge is -2.43. The SMILES string of the molecule is CCCCCCCCN(CCCCCCCC)CC1OC(c2ccc(NC(=O)NCC(=O)OCC)cc2)OC(c2ccc(CO)cc2)C1C. The van der Waals surface area contributed by atoms with Gasteiger partial charge >= 0.3 is 12.0 Å². The lowest BCUT2D eigenvalue weighted by atomic mass is 9.90. The van der Waals surface area contributed by atoms with Gasteiger partial charge < -0.3 is 34.9 Å². The summed E-state index contributed by atoms with van der Waals surface area (Å²) in [4.78, 5) is 26.5. The average Bonchev–Trinajstić information content (AvgIpc) is 3.11. The molecule has 4 atom stereocenters. The number of carbonyl (C=O) groups is 2. The van der Waals surface area contributed by atoms with Gasteiger partial charge in [-0.3, -0.25) is 4.79 Å². The van der Waals surface area contributed by atoms with E-state index in [4.69, 9.17) is 14.2 Å². The van der Waals surface area contributed by atoms with Crippen LogP contribution in [-0.4, -0.2) is 60.9 Å². The van der Waals surface area contributed by atoms with Gasteiger partial charge in [0.1, 0.15) is 6.54 Å². The third-order valence-electron chi connectivity index (χ3n) is 9.36. The van der Waals surface area contributed by atoms with E-state index in [1.54, 1.807) is 6.92 Å². The number of ether oxygens (including phenoxy) is 3. The molecule has 3 N–H and O–H groups in total. The van der Waals surface area contributed by atoms with Crippen LogP contribution in [0.25, 0.3) is 0 Å². The molecule has 49 heavy (non-hydrogen) atoms. The zero-order chi connectivity index (χ0) is 35.3. The number of nitrogens with zero attached hydrogens (tertiary/aromatic N) is 1. The monoisotopic (exact) mass is 681 g/mol. The number of carbonyl (C=O) groups excluding carboxylic acids is 2. The van der Waals surface area contributed by atoms with Crippen molar-refractivity contribution in [2.75, 3.05) is 38.1 Å². The molecule has 2 aromatic carbocycles. The number of hydrogen-bond acceptors (Lipinski definition) is 7. The number of hydrogen-bond donors (Lipinski definition) is 3. The molecule has 9 heteroatoms. The fourth-order valence-corrected chi connectivity index (χ4v) is 6.37. The predicted octanol–water partition coefficient (Wildman–Crippen LogP) is 8.68. The summed E-state index contributed by atoms with van der Waals surface area (Å²) in [6.07, 6.45) is 14.5. The molecule has 1 fully saturated rings. The summed E-state index contributed by atoms with van der Waals surface area (Å²) in [5, 5.41) is 14.9. The Labute approximate surface area is 295 Å². The van der Waals surface area contributed by atoms with Gasteiger partial charge in [0.05, 0.1) is 25.4 Å². The second kappa shape index (κ2) is 23.4. The molecule has 2 amide bonds. The Kier molecular flexibility index (Phi) is 19.3. The maximum atomic E-state index is 12.3. The largest absolute Gasteiger partial charge is 0.465 e. The highest BCUT2D eigenvalue weighted by Gasteiger charge is 2.39. The van der Waals surface area contributed by atoms with E-state index in [1.807, 2.05) is 36.4 Å². The molecule has 0 aromatic heterocycles. The van der Waals surface area contributed by atoms with Crippen LogP contribution in [0.2, 0.25) is 0 Å². The van der Waals surface area contributed by atoms with E-state index in [9.17, 15) is 14.7 Å². The maximum absolute atomic E-state index is 12.3. The molecule has 9 nitrogen and oxygen atoms in total. The summed E-state index contributed by atoms with van der Waals surface area (Å²) in [7, 11) is 0. The average molecular weight is 682 g/mol. The number of aliphatic hydroxyl groups excluding tert-OH is 1. The van der Waals surface area contributed by atoms with Crippen LogP contribution < -0.4 is 10.6 Å². The van der Waals surface area contributed by atoms with Gasteiger partial charge in [-0.15, -0.1) is 0 Å². The number of benzene rings is 2. The summed E-state index contributed by atoms with van der Waals surface area (Å²) in [5.41, 5.74) is 3.39. The molecule has 0 spiro atoms. The summed E-state index contributed by atoms with van der Waals surface area (Å²) in [5.74, 6) is -0.377. The normalized spacial score (nSPS) is 19.1. The van der Waals surface area contributed by atoms with Gasteiger partial charge in [-0.05, 0) is 56.1 Å². The number of nitrogens with one attached hydrogen (secondary N) is 2. The van der Waals surface area contributed by atoms with Crippen LogP contribution in [0.4, 0.5) is 10.5 Å². The van der Waals surface area contributed by atoms with Gasteiger partial charge in [-0.1, -0.05) is 121 Å². The van der Waals surface area contributed by atoms with Crippen molar-refractivity contribution in [1.29, 1.82) is 0 Å². The Morgan fingerprint density at radius 1 is 0.776 bits per heavy atom. The molecule has 2 aromatic rings. The van der Waals surface area contributed by atoms with Crippen molar-refractivity contribution in [3.8, 4) is 0 Å². The first-order valence-corrected chi connectivity index (χ1v) is 18.9. The number of anilines is 1. The van der Waals surface area contributed by atoms with Crippen LogP contribution >= 0.6 is 0 Å². The minimum Gasteiger partial charge on any atom is -0.465 e. The number of urea groups is 1. The van der Waals surface area contributed by atoms with E-state index in [1.165, 1.54) is 77.0 Å². The van der Waals surface area contributed by atoms with Crippen LogP contribution in [-0.2, 0) is 25.6 Å². The zero-order valence-electron chi connectivity index (χ0n) is 30.6. The molecule has 0 saturated carbocycles. The molecule has 4 unspecified atom stereocenters. The first kappa shape index (κ1) is 40.4. The summed E-state index contributed by atoms with van der Waals surface area (Å²) in [6.45, 7) is 11.5. The van der Waals surface area contributed by atoms with Crippen molar-refractivity contribution in [2.45, 2.75) is 130 Å². The Balaban J connectivity index is 1.74. The van der Waals surface area contributed by atoms with Gasteiger partial charge in [0.2, 0.25) is 0 Å². The van der Waals surface area contributed by atoms with E-state index in [0.717, 1.165) is 36.3 Å². The zero-order valence-corrected chi connectivity index (χ0v) is 30.6. The Morgan fingerprint density at radius 2 is 1.35 bits per heavy atom. The lowest BCUT2D eigenvalue weighted by Crippen LogP contribution is -2.45. The standard InChI is InChI=1S/C40H63N3O6/c1-5-8-10-12-14-16-26-43(27-17-15-13-11-9-6-2)29-36-31(4)38(33-20-18-32(30-44)19-21-33)49-39(48-36)34-22-24-35(25-23-34)42-40(46)41-28-37(45)47-7-3/h18-25,31,36,38-39,44H,5-17,26-30H2,1-4H3,(H2,41,42,46). The van der Waals surface area contributed by atoms with E-state index < -0.39 is 18.3 Å². The first-order valence-electron chi connectivity index (χ1n) is 18.9.